The number of rotatable bonds is 3. The number of carbonyl (C=O) groups is 1. The van der Waals surface area contributed by atoms with Gasteiger partial charge in [-0.1, -0.05) is 45.0 Å². The maximum atomic E-state index is 10.8. The third-order valence-electron chi connectivity index (χ3n) is 3.20. The number of aliphatic hydroxyl groups is 1. The molecule has 2 rings (SSSR count). The lowest BCUT2D eigenvalue weighted by Crippen LogP contribution is -2.11. The van der Waals surface area contributed by atoms with Crippen molar-refractivity contribution in [3.63, 3.8) is 0 Å². The number of hydrogen-bond donors (Lipinski definition) is 2. The van der Waals surface area contributed by atoms with Crippen LogP contribution in [0.1, 0.15) is 54.3 Å². The van der Waals surface area contributed by atoms with Crippen LogP contribution >= 0.6 is 0 Å². The number of hydrogen-bond acceptors (Lipinski definition) is 3. The molecule has 0 aliphatic heterocycles. The fourth-order valence-corrected chi connectivity index (χ4v) is 1.94. The Bertz CT molecular complexity index is 602. The molecular weight excluding hydrogens is 256 g/mol. The lowest BCUT2D eigenvalue weighted by Gasteiger charge is -2.19. The minimum atomic E-state index is -1.15. The van der Waals surface area contributed by atoms with Crippen molar-refractivity contribution in [2.45, 2.75) is 32.3 Å². The topological polar surface area (TPSA) is 70.7 Å². The summed E-state index contributed by atoms with van der Waals surface area (Å²) in [5.74, 6) is -1.09. The van der Waals surface area contributed by atoms with Crippen LogP contribution in [-0.4, -0.2) is 16.2 Å². The van der Waals surface area contributed by atoms with E-state index in [9.17, 15) is 9.90 Å². The van der Waals surface area contributed by atoms with Crippen molar-refractivity contribution < 1.29 is 19.4 Å². The highest BCUT2D eigenvalue weighted by molar-refractivity contribution is 5.84. The molecule has 1 aromatic carbocycles. The zero-order chi connectivity index (χ0) is 14.9. The average molecular weight is 274 g/mol. The van der Waals surface area contributed by atoms with Crippen LogP contribution in [0, 0.1) is 0 Å². The molecule has 0 aliphatic rings. The van der Waals surface area contributed by atoms with Gasteiger partial charge >= 0.3 is 5.97 Å². The zero-order valence-electron chi connectivity index (χ0n) is 11.8. The van der Waals surface area contributed by atoms with Crippen molar-refractivity contribution in [3.05, 3.63) is 59.0 Å². The number of aromatic carboxylic acids is 1. The molecule has 0 radical (unpaired) electrons. The summed E-state index contributed by atoms with van der Waals surface area (Å²) in [6.45, 7) is 6.35. The van der Waals surface area contributed by atoms with Gasteiger partial charge in [-0.25, -0.2) is 4.79 Å². The summed E-state index contributed by atoms with van der Waals surface area (Å²) in [6, 6.07) is 10.4. The summed E-state index contributed by atoms with van der Waals surface area (Å²) in [5.41, 5.74) is 1.88. The van der Waals surface area contributed by atoms with Crippen molar-refractivity contribution in [1.29, 1.82) is 0 Å². The molecule has 4 nitrogen and oxygen atoms in total. The highest BCUT2D eigenvalue weighted by atomic mass is 16.4. The van der Waals surface area contributed by atoms with Gasteiger partial charge in [0, 0.05) is 0 Å². The smallest absolute Gasteiger partial charge is 0.371 e. The first kappa shape index (κ1) is 14.3. The van der Waals surface area contributed by atoms with Crippen molar-refractivity contribution in [2.75, 3.05) is 0 Å². The molecule has 1 heterocycles. The van der Waals surface area contributed by atoms with E-state index in [0.29, 0.717) is 5.56 Å². The minimum Gasteiger partial charge on any atom is -0.475 e. The van der Waals surface area contributed by atoms with Gasteiger partial charge in [0.05, 0.1) is 0 Å². The SMILES string of the molecule is CC(C)(C)c1ccc(C(O)c2ccc(C(=O)O)o2)cc1. The molecule has 106 valence electrons. The molecule has 2 N–H and O–H groups in total. The molecule has 0 bridgehead atoms. The average Bonchev–Trinajstić information content (AvgIpc) is 2.86. The van der Waals surface area contributed by atoms with Crippen LogP contribution < -0.4 is 0 Å². The minimum absolute atomic E-state index is 0.0463. The Morgan fingerprint density at radius 1 is 1.10 bits per heavy atom. The number of carboxylic acid groups (broad SMARTS) is 1. The number of aliphatic hydroxyl groups excluding tert-OH is 1. The van der Waals surface area contributed by atoms with Crippen molar-refractivity contribution >= 4 is 5.97 Å². The van der Waals surface area contributed by atoms with Gasteiger partial charge in [-0.2, -0.15) is 0 Å². The molecule has 0 saturated carbocycles. The molecule has 0 aliphatic carbocycles. The Hall–Kier alpha value is -2.07. The largest absolute Gasteiger partial charge is 0.475 e. The molecule has 0 amide bonds. The van der Waals surface area contributed by atoms with Crippen molar-refractivity contribution in [1.82, 2.24) is 0 Å². The van der Waals surface area contributed by atoms with Crippen LogP contribution in [0.3, 0.4) is 0 Å². The molecule has 0 fully saturated rings. The van der Waals surface area contributed by atoms with E-state index in [1.54, 1.807) is 0 Å². The fraction of sp³-hybridized carbons (Fsp3) is 0.312. The van der Waals surface area contributed by atoms with E-state index in [1.165, 1.54) is 17.7 Å². The first-order valence-electron chi connectivity index (χ1n) is 6.40. The van der Waals surface area contributed by atoms with Gasteiger partial charge in [0.25, 0.3) is 0 Å². The lowest BCUT2D eigenvalue weighted by atomic mass is 9.86. The predicted octanol–water partition coefficient (Wildman–Crippen LogP) is 3.36. The maximum absolute atomic E-state index is 10.8. The third-order valence-corrected chi connectivity index (χ3v) is 3.20. The molecule has 2 aromatic rings. The van der Waals surface area contributed by atoms with E-state index in [2.05, 4.69) is 20.8 Å². The Morgan fingerprint density at radius 2 is 1.70 bits per heavy atom. The summed E-state index contributed by atoms with van der Waals surface area (Å²) in [4.78, 5) is 10.8. The normalized spacial score (nSPS) is 13.2. The van der Waals surface area contributed by atoms with Gasteiger partial charge < -0.3 is 14.6 Å². The maximum Gasteiger partial charge on any atom is 0.371 e. The summed E-state index contributed by atoms with van der Waals surface area (Å²) in [7, 11) is 0. The molecule has 20 heavy (non-hydrogen) atoms. The van der Waals surface area contributed by atoms with Gasteiger partial charge in [-0.15, -0.1) is 0 Å². The zero-order valence-corrected chi connectivity index (χ0v) is 11.8. The highest BCUT2D eigenvalue weighted by Crippen LogP contribution is 2.27. The number of furan rings is 1. The summed E-state index contributed by atoms with van der Waals surface area (Å²) in [6.07, 6.45) is -0.961. The second-order valence-corrected chi connectivity index (χ2v) is 5.78. The quantitative estimate of drug-likeness (QED) is 0.900. The second-order valence-electron chi connectivity index (χ2n) is 5.78. The van der Waals surface area contributed by atoms with Crippen LogP contribution in [0.2, 0.25) is 0 Å². The number of benzene rings is 1. The van der Waals surface area contributed by atoms with E-state index in [4.69, 9.17) is 9.52 Å². The first-order chi connectivity index (χ1) is 9.29. The molecular formula is C16H18O4. The second kappa shape index (κ2) is 5.13. The molecule has 4 heteroatoms. The monoisotopic (exact) mass is 274 g/mol. The van der Waals surface area contributed by atoms with E-state index in [1.807, 2.05) is 24.3 Å². The Labute approximate surface area is 117 Å². The summed E-state index contributed by atoms with van der Waals surface area (Å²) >= 11 is 0. The van der Waals surface area contributed by atoms with Gasteiger partial charge in [-0.3, -0.25) is 0 Å². The van der Waals surface area contributed by atoms with Crippen LogP contribution in [0.5, 0.6) is 0 Å². The van der Waals surface area contributed by atoms with Crippen LogP contribution in [0.15, 0.2) is 40.8 Å². The number of carboxylic acids is 1. The van der Waals surface area contributed by atoms with Crippen molar-refractivity contribution in [3.8, 4) is 0 Å². The van der Waals surface area contributed by atoms with Crippen LogP contribution in [-0.2, 0) is 5.41 Å². The Morgan fingerprint density at radius 3 is 2.15 bits per heavy atom. The first-order valence-corrected chi connectivity index (χ1v) is 6.40. The van der Waals surface area contributed by atoms with Crippen LogP contribution in [0.4, 0.5) is 0 Å². The highest BCUT2D eigenvalue weighted by Gasteiger charge is 2.19. The van der Waals surface area contributed by atoms with Crippen LogP contribution in [0.25, 0.3) is 0 Å². The van der Waals surface area contributed by atoms with E-state index in [0.717, 1.165) is 0 Å². The van der Waals surface area contributed by atoms with Gasteiger partial charge in [0.15, 0.2) is 0 Å². The summed E-state index contributed by atoms with van der Waals surface area (Å²) < 4.78 is 5.11. The van der Waals surface area contributed by atoms with E-state index < -0.39 is 12.1 Å². The molecule has 1 aromatic heterocycles. The fourth-order valence-electron chi connectivity index (χ4n) is 1.94. The standard InChI is InChI=1S/C16H18O4/c1-16(2,3)11-6-4-10(5-7-11)14(17)12-8-9-13(20-12)15(18)19/h4-9,14,17H,1-3H3,(H,18,19). The lowest BCUT2D eigenvalue weighted by molar-refractivity contribution is 0.0655. The van der Waals surface area contributed by atoms with Gasteiger partial charge in [-0.05, 0) is 28.7 Å². The summed E-state index contributed by atoms with van der Waals surface area (Å²) in [5, 5.41) is 19.0. The molecule has 1 atom stereocenters. The Balaban J connectivity index is 2.24. The van der Waals surface area contributed by atoms with E-state index >= 15 is 0 Å². The molecule has 1 unspecified atom stereocenters. The molecule has 0 saturated heterocycles. The van der Waals surface area contributed by atoms with Gasteiger partial charge in [0.1, 0.15) is 11.9 Å². The van der Waals surface area contributed by atoms with Crippen molar-refractivity contribution in [2.24, 2.45) is 0 Å². The molecule has 0 spiro atoms. The predicted molar refractivity (Wildman–Crippen MR) is 74.9 cm³/mol. The van der Waals surface area contributed by atoms with E-state index in [-0.39, 0.29) is 16.9 Å². The third kappa shape index (κ3) is 2.91. The van der Waals surface area contributed by atoms with Gasteiger partial charge in [0.2, 0.25) is 5.76 Å². The Kier molecular flexibility index (Phi) is 3.68.